The first-order valence-corrected chi connectivity index (χ1v) is 10.5. The van der Waals surface area contributed by atoms with Gasteiger partial charge >= 0.3 is 0 Å². The molecule has 2 aromatic rings. The summed E-state index contributed by atoms with van der Waals surface area (Å²) in [5, 5.41) is 12.3. The lowest BCUT2D eigenvalue weighted by Gasteiger charge is -2.11. The number of nitrogens with one attached hydrogen (secondary N) is 2. The molecule has 1 aromatic heterocycles. The van der Waals surface area contributed by atoms with Crippen LogP contribution >= 0.6 is 46.9 Å². The molecule has 0 aliphatic carbocycles. The number of nitrogens with two attached hydrogens (primary N) is 1. The Morgan fingerprint density at radius 2 is 1.88 bits per heavy atom. The molecule has 4 N–H and O–H groups in total. The SMILES string of the molecule is CCNC(=NCc1ccc(S(N)(=O)=O)s1)NCCc1ccc(Cl)cc1.I. The Morgan fingerprint density at radius 3 is 2.46 bits per heavy atom. The number of thiophene rings is 1. The maximum atomic E-state index is 11.3. The van der Waals surface area contributed by atoms with Crippen LogP contribution in [0.4, 0.5) is 0 Å². The Hall–Kier alpha value is -0.880. The van der Waals surface area contributed by atoms with Crippen molar-refractivity contribution in [3.8, 4) is 0 Å². The van der Waals surface area contributed by atoms with E-state index in [2.05, 4.69) is 15.6 Å². The largest absolute Gasteiger partial charge is 0.357 e. The highest BCUT2D eigenvalue weighted by atomic mass is 127. The lowest BCUT2D eigenvalue weighted by Crippen LogP contribution is -2.38. The van der Waals surface area contributed by atoms with Crippen LogP contribution in [0.1, 0.15) is 17.4 Å². The highest BCUT2D eigenvalue weighted by Gasteiger charge is 2.10. The topological polar surface area (TPSA) is 96.6 Å². The second kappa shape index (κ2) is 11.1. The van der Waals surface area contributed by atoms with E-state index in [4.69, 9.17) is 16.7 Å². The third-order valence-electron chi connectivity index (χ3n) is 3.27. The van der Waals surface area contributed by atoms with Crippen LogP contribution < -0.4 is 15.8 Å². The normalized spacial score (nSPS) is 11.7. The maximum Gasteiger partial charge on any atom is 0.247 e. The standard InChI is InChI=1S/C16H21ClN4O2S2.HI/c1-2-19-16(20-10-9-12-3-5-13(17)6-4-12)21-11-14-7-8-15(24-14)25(18,22)23;/h3-8H,2,9-11H2,1H3,(H2,18,22,23)(H2,19,20,21);1H. The van der Waals surface area contributed by atoms with Crippen molar-refractivity contribution in [3.05, 3.63) is 51.9 Å². The molecule has 6 nitrogen and oxygen atoms in total. The van der Waals surface area contributed by atoms with Gasteiger partial charge in [-0.25, -0.2) is 18.5 Å². The van der Waals surface area contributed by atoms with Crippen LogP contribution in [-0.2, 0) is 23.0 Å². The van der Waals surface area contributed by atoms with Crippen molar-refractivity contribution in [3.63, 3.8) is 0 Å². The zero-order valence-electron chi connectivity index (χ0n) is 14.2. The summed E-state index contributed by atoms with van der Waals surface area (Å²) < 4.78 is 22.8. The second-order valence-electron chi connectivity index (χ2n) is 5.26. The minimum absolute atomic E-state index is 0. The quantitative estimate of drug-likeness (QED) is 0.292. The lowest BCUT2D eigenvalue weighted by molar-refractivity contribution is 0.600. The summed E-state index contributed by atoms with van der Waals surface area (Å²) in [6.45, 7) is 3.83. The summed E-state index contributed by atoms with van der Waals surface area (Å²) >= 11 is 7.01. The van der Waals surface area contributed by atoms with E-state index in [0.717, 1.165) is 40.7 Å². The van der Waals surface area contributed by atoms with E-state index in [1.54, 1.807) is 6.07 Å². The van der Waals surface area contributed by atoms with Crippen molar-refractivity contribution in [1.82, 2.24) is 10.6 Å². The molecular weight excluding hydrogens is 507 g/mol. The van der Waals surface area contributed by atoms with Gasteiger partial charge in [0, 0.05) is 23.0 Å². The summed E-state index contributed by atoms with van der Waals surface area (Å²) in [4.78, 5) is 5.30. The van der Waals surface area contributed by atoms with Gasteiger partial charge in [0.1, 0.15) is 4.21 Å². The van der Waals surface area contributed by atoms with Crippen LogP contribution in [0, 0.1) is 0 Å². The first-order chi connectivity index (χ1) is 11.9. The molecule has 0 spiro atoms. The van der Waals surface area contributed by atoms with E-state index in [-0.39, 0.29) is 28.2 Å². The molecule has 0 unspecified atom stereocenters. The van der Waals surface area contributed by atoms with E-state index >= 15 is 0 Å². The van der Waals surface area contributed by atoms with Crippen LogP contribution in [0.2, 0.25) is 5.02 Å². The summed E-state index contributed by atoms with van der Waals surface area (Å²) in [5.41, 5.74) is 1.18. The summed E-state index contributed by atoms with van der Waals surface area (Å²) in [5.74, 6) is 0.682. The predicted octanol–water partition coefficient (Wildman–Crippen LogP) is 2.96. The average molecular weight is 529 g/mol. The first-order valence-electron chi connectivity index (χ1n) is 7.76. The molecule has 10 heteroatoms. The minimum Gasteiger partial charge on any atom is -0.357 e. The summed E-state index contributed by atoms with van der Waals surface area (Å²) in [7, 11) is -3.65. The van der Waals surface area contributed by atoms with Gasteiger partial charge in [0.2, 0.25) is 10.0 Å². The number of primary sulfonamides is 1. The number of nitrogens with zero attached hydrogens (tertiary/aromatic N) is 1. The van der Waals surface area contributed by atoms with E-state index in [1.165, 1.54) is 11.6 Å². The fourth-order valence-electron chi connectivity index (χ4n) is 2.07. The molecule has 0 atom stereocenters. The molecule has 0 bridgehead atoms. The van der Waals surface area contributed by atoms with Crippen LogP contribution in [0.25, 0.3) is 0 Å². The van der Waals surface area contributed by atoms with Gasteiger partial charge in [-0.2, -0.15) is 0 Å². The van der Waals surface area contributed by atoms with E-state index in [0.29, 0.717) is 12.5 Å². The molecular formula is C16H22ClIN4O2S2. The van der Waals surface area contributed by atoms with Gasteiger partial charge in [0.05, 0.1) is 6.54 Å². The molecule has 0 aliphatic rings. The molecule has 1 aromatic carbocycles. The molecule has 1 heterocycles. The molecule has 0 saturated carbocycles. The van der Waals surface area contributed by atoms with Crippen molar-refractivity contribution in [2.45, 2.75) is 24.1 Å². The lowest BCUT2D eigenvalue weighted by atomic mass is 10.1. The van der Waals surface area contributed by atoms with Gasteiger partial charge in [-0.1, -0.05) is 23.7 Å². The Labute approximate surface area is 180 Å². The van der Waals surface area contributed by atoms with Crippen molar-refractivity contribution >= 4 is 62.9 Å². The van der Waals surface area contributed by atoms with Gasteiger partial charge in [-0.05, 0) is 43.2 Å². The molecule has 0 amide bonds. The van der Waals surface area contributed by atoms with Crippen LogP contribution in [0.5, 0.6) is 0 Å². The van der Waals surface area contributed by atoms with Crippen molar-refractivity contribution in [2.75, 3.05) is 13.1 Å². The molecule has 144 valence electrons. The predicted molar refractivity (Wildman–Crippen MR) is 119 cm³/mol. The Kier molecular flexibility index (Phi) is 9.86. The summed E-state index contributed by atoms with van der Waals surface area (Å²) in [6, 6.07) is 11.0. The van der Waals surface area contributed by atoms with Crippen LogP contribution in [-0.4, -0.2) is 27.5 Å². The van der Waals surface area contributed by atoms with Gasteiger partial charge in [0.15, 0.2) is 5.96 Å². The Morgan fingerprint density at radius 1 is 1.19 bits per heavy atom. The number of rotatable bonds is 7. The van der Waals surface area contributed by atoms with Crippen molar-refractivity contribution in [1.29, 1.82) is 0 Å². The number of halogens is 2. The minimum atomic E-state index is -3.65. The number of hydrogen-bond acceptors (Lipinski definition) is 4. The Balaban J connectivity index is 0.00000338. The number of guanidine groups is 1. The summed E-state index contributed by atoms with van der Waals surface area (Å²) in [6.07, 6.45) is 0.843. The molecule has 26 heavy (non-hydrogen) atoms. The maximum absolute atomic E-state index is 11.3. The third kappa shape index (κ3) is 7.78. The third-order valence-corrected chi connectivity index (χ3v) is 6.03. The van der Waals surface area contributed by atoms with E-state index in [9.17, 15) is 8.42 Å². The van der Waals surface area contributed by atoms with Gasteiger partial charge < -0.3 is 10.6 Å². The average Bonchev–Trinajstić information content (AvgIpc) is 3.04. The van der Waals surface area contributed by atoms with Crippen molar-refractivity contribution in [2.24, 2.45) is 10.1 Å². The van der Waals surface area contributed by atoms with E-state index in [1.807, 2.05) is 31.2 Å². The van der Waals surface area contributed by atoms with Crippen molar-refractivity contribution < 1.29 is 8.42 Å². The monoisotopic (exact) mass is 528 g/mol. The Bertz CT molecular complexity index is 823. The molecule has 0 aliphatic heterocycles. The number of sulfonamides is 1. The smallest absolute Gasteiger partial charge is 0.247 e. The number of aliphatic imine (C=N–C) groups is 1. The molecule has 2 rings (SSSR count). The van der Waals surface area contributed by atoms with Gasteiger partial charge in [-0.3, -0.25) is 0 Å². The molecule has 0 fully saturated rings. The highest BCUT2D eigenvalue weighted by molar-refractivity contribution is 14.0. The second-order valence-corrected chi connectivity index (χ2v) is 8.66. The fourth-order valence-corrected chi connectivity index (χ4v) is 3.90. The number of benzene rings is 1. The molecule has 0 radical (unpaired) electrons. The zero-order valence-corrected chi connectivity index (χ0v) is 19.0. The van der Waals surface area contributed by atoms with Crippen LogP contribution in [0.3, 0.4) is 0 Å². The molecule has 0 saturated heterocycles. The van der Waals surface area contributed by atoms with Crippen LogP contribution in [0.15, 0.2) is 45.6 Å². The zero-order chi connectivity index (χ0) is 18.3. The first kappa shape index (κ1) is 23.2. The van der Waals surface area contributed by atoms with E-state index < -0.39 is 10.0 Å². The van der Waals surface area contributed by atoms with Gasteiger partial charge in [-0.15, -0.1) is 35.3 Å². The van der Waals surface area contributed by atoms with Gasteiger partial charge in [0.25, 0.3) is 0 Å². The number of hydrogen-bond donors (Lipinski definition) is 3. The highest BCUT2D eigenvalue weighted by Crippen LogP contribution is 2.20. The fraction of sp³-hybridized carbons (Fsp3) is 0.312.